The second-order valence-electron chi connectivity index (χ2n) is 5.04. The van der Waals surface area contributed by atoms with Crippen molar-refractivity contribution >= 4 is 17.5 Å². The zero-order valence-corrected chi connectivity index (χ0v) is 11.2. The number of rotatable bonds is 1. The molecule has 0 radical (unpaired) electrons. The van der Waals surface area contributed by atoms with E-state index in [9.17, 15) is 14.0 Å². The van der Waals surface area contributed by atoms with Crippen LogP contribution in [0.5, 0.6) is 0 Å². The minimum absolute atomic E-state index is 0.00276. The van der Waals surface area contributed by atoms with Crippen molar-refractivity contribution in [1.82, 2.24) is 19.6 Å². The maximum Gasteiger partial charge on any atom is 0.258 e. The van der Waals surface area contributed by atoms with Gasteiger partial charge in [0.25, 0.3) is 5.56 Å². The summed E-state index contributed by atoms with van der Waals surface area (Å²) in [5.74, 6) is -0.962. The number of nitrogens with one attached hydrogen (secondary N) is 2. The first-order valence-corrected chi connectivity index (χ1v) is 6.65. The number of fused-ring (bicyclic) bond motifs is 3. The third-order valence-electron chi connectivity index (χ3n) is 3.76. The smallest absolute Gasteiger partial charge is 0.258 e. The number of benzene rings is 1. The van der Waals surface area contributed by atoms with Crippen LogP contribution in [0.1, 0.15) is 23.5 Å². The molecule has 0 spiro atoms. The van der Waals surface area contributed by atoms with Crippen LogP contribution in [0.4, 0.5) is 10.2 Å². The summed E-state index contributed by atoms with van der Waals surface area (Å²) in [6.07, 6.45) is 1.27. The number of carbonyl (C=O) groups is 1. The highest BCUT2D eigenvalue weighted by Crippen LogP contribution is 2.35. The van der Waals surface area contributed by atoms with Crippen LogP contribution in [0.15, 0.2) is 35.4 Å². The Morgan fingerprint density at radius 1 is 1.27 bits per heavy atom. The molecule has 0 bridgehead atoms. The van der Waals surface area contributed by atoms with Crippen LogP contribution < -0.4 is 10.9 Å². The van der Waals surface area contributed by atoms with Crippen LogP contribution in [-0.4, -0.2) is 25.5 Å². The van der Waals surface area contributed by atoms with Crippen molar-refractivity contribution < 1.29 is 9.18 Å². The number of hydrogen-bond donors (Lipinski definition) is 2. The van der Waals surface area contributed by atoms with Crippen LogP contribution >= 0.6 is 0 Å². The predicted molar refractivity (Wildman–Crippen MR) is 75.1 cm³/mol. The topological polar surface area (TPSA) is 92.2 Å². The van der Waals surface area contributed by atoms with Gasteiger partial charge in [-0.3, -0.25) is 14.6 Å². The Labute approximate surface area is 122 Å². The van der Waals surface area contributed by atoms with Gasteiger partial charge >= 0.3 is 0 Å². The van der Waals surface area contributed by atoms with Crippen molar-refractivity contribution in [3.05, 3.63) is 57.9 Å². The van der Waals surface area contributed by atoms with Crippen molar-refractivity contribution in [3.8, 4) is 0 Å². The molecule has 8 heteroatoms. The second-order valence-corrected chi connectivity index (χ2v) is 5.04. The molecule has 1 aliphatic heterocycles. The molecule has 0 saturated carbocycles. The lowest BCUT2D eigenvalue weighted by Gasteiger charge is -2.25. The molecule has 0 saturated heterocycles. The molecule has 0 unspecified atom stereocenters. The number of halogens is 1. The Hall–Kier alpha value is -3.03. The Morgan fingerprint density at radius 2 is 2.09 bits per heavy atom. The fourth-order valence-corrected chi connectivity index (χ4v) is 2.82. The minimum atomic E-state index is -0.665. The molecule has 0 fully saturated rings. The van der Waals surface area contributed by atoms with Gasteiger partial charge in [0.2, 0.25) is 11.7 Å². The van der Waals surface area contributed by atoms with E-state index in [4.69, 9.17) is 0 Å². The summed E-state index contributed by atoms with van der Waals surface area (Å²) < 4.78 is 15.4. The Balaban J connectivity index is 2.04. The summed E-state index contributed by atoms with van der Waals surface area (Å²) in [6, 6.07) is 6.12. The van der Waals surface area contributed by atoms with Gasteiger partial charge in [0.05, 0.1) is 5.56 Å². The first-order chi connectivity index (χ1) is 10.6. The molecule has 0 aliphatic carbocycles. The van der Waals surface area contributed by atoms with Gasteiger partial charge in [0, 0.05) is 12.3 Å². The lowest BCUT2D eigenvalue weighted by atomic mass is 9.86. The van der Waals surface area contributed by atoms with Crippen molar-refractivity contribution in [2.75, 3.05) is 5.32 Å². The molecule has 3 aromatic rings. The van der Waals surface area contributed by atoms with E-state index >= 15 is 0 Å². The summed E-state index contributed by atoms with van der Waals surface area (Å²) in [5, 5.41) is 6.61. The zero-order chi connectivity index (χ0) is 15.3. The average molecular weight is 299 g/mol. The maximum atomic E-state index is 14.1. The van der Waals surface area contributed by atoms with Gasteiger partial charge in [-0.25, -0.2) is 4.39 Å². The van der Waals surface area contributed by atoms with Crippen LogP contribution in [0.2, 0.25) is 0 Å². The molecule has 3 heterocycles. The van der Waals surface area contributed by atoms with E-state index in [0.29, 0.717) is 5.56 Å². The van der Waals surface area contributed by atoms with Crippen LogP contribution in [0.25, 0.3) is 5.78 Å². The van der Waals surface area contributed by atoms with E-state index in [2.05, 4.69) is 20.4 Å². The summed E-state index contributed by atoms with van der Waals surface area (Å²) in [7, 11) is 0. The maximum absolute atomic E-state index is 14.1. The van der Waals surface area contributed by atoms with Gasteiger partial charge < -0.3 is 5.32 Å². The first-order valence-electron chi connectivity index (χ1n) is 6.65. The number of aromatic nitrogens is 4. The summed E-state index contributed by atoms with van der Waals surface area (Å²) in [5.41, 5.74) is 0.176. The SMILES string of the molecule is O=C1C[C@@H](c2ccccc2F)c2c(n3ncnc3[nH]c2=O)N1. The molecule has 2 N–H and O–H groups in total. The predicted octanol–water partition coefficient (Wildman–Crippen LogP) is 1.03. The van der Waals surface area contributed by atoms with Crippen molar-refractivity contribution in [3.63, 3.8) is 0 Å². The summed E-state index contributed by atoms with van der Waals surface area (Å²) >= 11 is 0. The van der Waals surface area contributed by atoms with Crippen LogP contribution in [0, 0.1) is 5.82 Å². The fraction of sp³-hybridized carbons (Fsp3) is 0.143. The molecule has 1 aliphatic rings. The fourth-order valence-electron chi connectivity index (χ4n) is 2.82. The number of amides is 1. The lowest BCUT2D eigenvalue weighted by molar-refractivity contribution is -0.116. The number of aromatic amines is 1. The van der Waals surface area contributed by atoms with Crippen LogP contribution in [0.3, 0.4) is 0 Å². The zero-order valence-electron chi connectivity index (χ0n) is 11.2. The van der Waals surface area contributed by atoms with E-state index in [0.717, 1.165) is 0 Å². The van der Waals surface area contributed by atoms with Crippen molar-refractivity contribution in [2.45, 2.75) is 12.3 Å². The molecule has 22 heavy (non-hydrogen) atoms. The highest BCUT2D eigenvalue weighted by atomic mass is 19.1. The molecular formula is C14H10FN5O2. The number of carbonyl (C=O) groups excluding carboxylic acids is 1. The molecule has 7 nitrogen and oxygen atoms in total. The average Bonchev–Trinajstić information content (AvgIpc) is 2.95. The largest absolute Gasteiger partial charge is 0.310 e. The molecule has 110 valence electrons. The lowest BCUT2D eigenvalue weighted by Crippen LogP contribution is -2.32. The van der Waals surface area contributed by atoms with E-state index in [-0.39, 0.29) is 29.5 Å². The summed E-state index contributed by atoms with van der Waals surface area (Å²) in [6.45, 7) is 0. The molecule has 2 aromatic heterocycles. The number of hydrogen-bond acceptors (Lipinski definition) is 4. The third-order valence-corrected chi connectivity index (χ3v) is 3.76. The third kappa shape index (κ3) is 1.73. The Morgan fingerprint density at radius 3 is 2.91 bits per heavy atom. The van der Waals surface area contributed by atoms with Crippen molar-refractivity contribution in [1.29, 1.82) is 0 Å². The van der Waals surface area contributed by atoms with Gasteiger partial charge in [-0.05, 0) is 11.6 Å². The highest BCUT2D eigenvalue weighted by molar-refractivity contribution is 5.94. The van der Waals surface area contributed by atoms with E-state index < -0.39 is 17.3 Å². The standard InChI is InChI=1S/C14H10FN5O2/c15-9-4-2-1-3-7(9)8-5-10(21)18-12-11(8)13(22)19-14-16-6-17-20(12)14/h1-4,6,8H,5H2,(H,18,21)(H,16,17,19,22)/t8-/m0/s1. The second kappa shape index (κ2) is 4.48. The number of nitrogens with zero attached hydrogens (tertiary/aromatic N) is 3. The number of anilines is 1. The van der Waals surface area contributed by atoms with E-state index in [1.165, 1.54) is 16.9 Å². The summed E-state index contributed by atoms with van der Waals surface area (Å²) in [4.78, 5) is 30.8. The van der Waals surface area contributed by atoms with Crippen molar-refractivity contribution in [2.24, 2.45) is 0 Å². The quantitative estimate of drug-likeness (QED) is 0.702. The number of H-pyrrole nitrogens is 1. The molecule has 1 atom stereocenters. The van der Waals surface area contributed by atoms with Gasteiger partial charge in [-0.2, -0.15) is 14.6 Å². The first kappa shape index (κ1) is 12.7. The molecular weight excluding hydrogens is 289 g/mol. The molecule has 1 amide bonds. The van der Waals surface area contributed by atoms with Crippen LogP contribution in [-0.2, 0) is 4.79 Å². The van der Waals surface area contributed by atoms with Gasteiger partial charge in [0.15, 0.2) is 0 Å². The normalized spacial score (nSPS) is 17.3. The molecule has 4 rings (SSSR count). The Bertz CT molecular complexity index is 961. The van der Waals surface area contributed by atoms with Gasteiger partial charge in [-0.1, -0.05) is 18.2 Å². The van der Waals surface area contributed by atoms with E-state index in [1.807, 2.05) is 0 Å². The Kier molecular flexibility index (Phi) is 2.59. The van der Waals surface area contributed by atoms with E-state index in [1.54, 1.807) is 18.2 Å². The van der Waals surface area contributed by atoms with Gasteiger partial charge in [-0.15, -0.1) is 0 Å². The monoisotopic (exact) mass is 299 g/mol. The van der Waals surface area contributed by atoms with Gasteiger partial charge in [0.1, 0.15) is 18.0 Å². The highest BCUT2D eigenvalue weighted by Gasteiger charge is 2.33. The minimum Gasteiger partial charge on any atom is -0.310 e. The molecule has 1 aromatic carbocycles.